The number of hydrogen-bond acceptors (Lipinski definition) is 4. The summed E-state index contributed by atoms with van der Waals surface area (Å²) in [7, 11) is 0. The molecule has 5 nitrogen and oxygen atoms in total. The first-order chi connectivity index (χ1) is 10.1. The Labute approximate surface area is 122 Å². The smallest absolute Gasteiger partial charge is 0.345 e. The van der Waals surface area contributed by atoms with Gasteiger partial charge >= 0.3 is 5.97 Å². The van der Waals surface area contributed by atoms with E-state index in [1.54, 1.807) is 6.92 Å². The number of benzene rings is 1. The minimum absolute atomic E-state index is 0.110. The van der Waals surface area contributed by atoms with Gasteiger partial charge in [-0.1, -0.05) is 18.6 Å². The standard InChI is InChI=1S/C16H18N2O3/c1-2-21-16(20)13-14(17)11-7-6-10(9-4-3-5-9)8-12(11)18-15(13)19/h6-9H,2-5H2,1H3,(H3,17,18,19). The zero-order chi connectivity index (χ0) is 15.0. The summed E-state index contributed by atoms with van der Waals surface area (Å²) in [5.41, 5.74) is 7.48. The number of H-pyrrole nitrogens is 1. The number of nitrogens with two attached hydrogens (primary N) is 1. The molecule has 2 aromatic rings. The Balaban J connectivity index is 2.12. The van der Waals surface area contributed by atoms with Gasteiger partial charge in [-0.15, -0.1) is 0 Å². The number of pyridine rings is 1. The number of aromatic amines is 1. The molecule has 1 aliphatic rings. The van der Waals surface area contributed by atoms with Gasteiger partial charge in [-0.3, -0.25) is 4.79 Å². The van der Waals surface area contributed by atoms with Crippen molar-refractivity contribution in [3.63, 3.8) is 0 Å². The van der Waals surface area contributed by atoms with Crippen molar-refractivity contribution < 1.29 is 9.53 Å². The third kappa shape index (κ3) is 2.28. The Morgan fingerprint density at radius 1 is 1.43 bits per heavy atom. The molecule has 21 heavy (non-hydrogen) atoms. The fraction of sp³-hybridized carbons (Fsp3) is 0.375. The van der Waals surface area contributed by atoms with Crippen LogP contribution in [0.5, 0.6) is 0 Å². The maximum atomic E-state index is 12.1. The van der Waals surface area contributed by atoms with Gasteiger partial charge < -0.3 is 15.5 Å². The molecule has 3 N–H and O–H groups in total. The first-order valence-corrected chi connectivity index (χ1v) is 7.24. The Kier molecular flexibility index (Phi) is 3.41. The lowest BCUT2D eigenvalue weighted by atomic mass is 9.80. The van der Waals surface area contributed by atoms with Crippen molar-refractivity contribution in [1.82, 2.24) is 4.98 Å². The minimum Gasteiger partial charge on any atom is -0.462 e. The van der Waals surface area contributed by atoms with Crippen molar-refractivity contribution in [1.29, 1.82) is 0 Å². The number of anilines is 1. The summed E-state index contributed by atoms with van der Waals surface area (Å²) in [6, 6.07) is 5.86. The second-order valence-corrected chi connectivity index (χ2v) is 5.40. The lowest BCUT2D eigenvalue weighted by Gasteiger charge is -2.26. The Hall–Kier alpha value is -2.30. The van der Waals surface area contributed by atoms with Crippen LogP contribution in [0.4, 0.5) is 5.69 Å². The summed E-state index contributed by atoms with van der Waals surface area (Å²) in [6.07, 6.45) is 3.63. The molecule has 1 heterocycles. The van der Waals surface area contributed by atoms with E-state index in [0.29, 0.717) is 16.8 Å². The monoisotopic (exact) mass is 286 g/mol. The lowest BCUT2D eigenvalue weighted by Crippen LogP contribution is -2.22. The summed E-state index contributed by atoms with van der Waals surface area (Å²) >= 11 is 0. The first-order valence-electron chi connectivity index (χ1n) is 7.24. The van der Waals surface area contributed by atoms with Gasteiger partial charge in [0.2, 0.25) is 0 Å². The van der Waals surface area contributed by atoms with E-state index in [0.717, 1.165) is 0 Å². The summed E-state index contributed by atoms with van der Waals surface area (Å²) < 4.78 is 4.89. The summed E-state index contributed by atoms with van der Waals surface area (Å²) in [4.78, 5) is 26.7. The van der Waals surface area contributed by atoms with E-state index in [-0.39, 0.29) is 17.9 Å². The Bertz CT molecular complexity index is 760. The molecule has 110 valence electrons. The van der Waals surface area contributed by atoms with Crippen molar-refractivity contribution in [3.05, 3.63) is 39.7 Å². The number of carbonyl (C=O) groups is 1. The molecule has 1 aliphatic carbocycles. The fourth-order valence-electron chi connectivity index (χ4n) is 2.74. The molecule has 1 fully saturated rings. The first kappa shape index (κ1) is 13.7. The van der Waals surface area contributed by atoms with E-state index in [4.69, 9.17) is 10.5 Å². The van der Waals surface area contributed by atoms with Gasteiger partial charge in [0, 0.05) is 5.39 Å². The molecule has 1 aromatic carbocycles. The third-order valence-electron chi connectivity index (χ3n) is 4.13. The molecule has 1 aromatic heterocycles. The van der Waals surface area contributed by atoms with Crippen LogP contribution in [0, 0.1) is 0 Å². The number of ether oxygens (including phenoxy) is 1. The Morgan fingerprint density at radius 3 is 2.81 bits per heavy atom. The van der Waals surface area contributed by atoms with Crippen LogP contribution >= 0.6 is 0 Å². The van der Waals surface area contributed by atoms with Gasteiger partial charge in [-0.05, 0) is 37.3 Å². The number of rotatable bonds is 3. The zero-order valence-corrected chi connectivity index (χ0v) is 11.9. The highest BCUT2D eigenvalue weighted by Gasteiger charge is 2.22. The number of esters is 1. The maximum absolute atomic E-state index is 12.1. The predicted molar refractivity (Wildman–Crippen MR) is 81.5 cm³/mol. The Morgan fingerprint density at radius 2 is 2.19 bits per heavy atom. The van der Waals surface area contributed by atoms with Crippen LogP contribution in [0.25, 0.3) is 10.9 Å². The third-order valence-corrected chi connectivity index (χ3v) is 4.13. The normalized spacial score (nSPS) is 14.9. The largest absolute Gasteiger partial charge is 0.462 e. The van der Waals surface area contributed by atoms with Crippen molar-refractivity contribution in [3.8, 4) is 0 Å². The van der Waals surface area contributed by atoms with Gasteiger partial charge in [0.1, 0.15) is 5.56 Å². The lowest BCUT2D eigenvalue weighted by molar-refractivity contribution is 0.0526. The number of hydrogen-bond donors (Lipinski definition) is 2. The van der Waals surface area contributed by atoms with E-state index >= 15 is 0 Å². The summed E-state index contributed by atoms with van der Waals surface area (Å²) in [5, 5.41) is 0.681. The van der Waals surface area contributed by atoms with Crippen LogP contribution < -0.4 is 11.3 Å². The number of aromatic nitrogens is 1. The molecule has 0 saturated heterocycles. The quantitative estimate of drug-likeness (QED) is 0.849. The van der Waals surface area contributed by atoms with Gasteiger partial charge in [-0.2, -0.15) is 0 Å². The molecule has 0 amide bonds. The molecule has 0 atom stereocenters. The molecule has 0 spiro atoms. The molecule has 0 aliphatic heterocycles. The second-order valence-electron chi connectivity index (χ2n) is 5.40. The number of fused-ring (bicyclic) bond motifs is 1. The average Bonchev–Trinajstić information content (AvgIpc) is 2.36. The molecular weight excluding hydrogens is 268 g/mol. The van der Waals surface area contributed by atoms with Crippen molar-refractivity contribution in [2.24, 2.45) is 0 Å². The van der Waals surface area contributed by atoms with E-state index in [1.165, 1.54) is 24.8 Å². The topological polar surface area (TPSA) is 85.2 Å². The highest BCUT2D eigenvalue weighted by atomic mass is 16.5. The molecule has 3 rings (SSSR count). The fourth-order valence-corrected chi connectivity index (χ4v) is 2.74. The van der Waals surface area contributed by atoms with Gasteiger partial charge in [0.15, 0.2) is 0 Å². The highest BCUT2D eigenvalue weighted by molar-refractivity contribution is 6.03. The molecular formula is C16H18N2O3. The zero-order valence-electron chi connectivity index (χ0n) is 11.9. The van der Waals surface area contributed by atoms with Gasteiger partial charge in [0.05, 0.1) is 17.8 Å². The summed E-state index contributed by atoms with van der Waals surface area (Å²) in [5.74, 6) is -0.106. The van der Waals surface area contributed by atoms with E-state index in [9.17, 15) is 9.59 Å². The van der Waals surface area contributed by atoms with Crippen LogP contribution in [0.15, 0.2) is 23.0 Å². The minimum atomic E-state index is -0.679. The molecule has 0 radical (unpaired) electrons. The van der Waals surface area contributed by atoms with Crippen molar-refractivity contribution >= 4 is 22.6 Å². The summed E-state index contributed by atoms with van der Waals surface area (Å²) in [6.45, 7) is 1.89. The number of nitrogen functional groups attached to an aromatic ring is 1. The van der Waals surface area contributed by atoms with E-state index < -0.39 is 11.5 Å². The van der Waals surface area contributed by atoms with Crippen LogP contribution in [0.1, 0.15) is 48.0 Å². The SMILES string of the molecule is CCOC(=O)c1c(N)c2ccc(C3CCC3)cc2[nH]c1=O. The van der Waals surface area contributed by atoms with Crippen LogP contribution in [-0.4, -0.2) is 17.6 Å². The molecule has 0 bridgehead atoms. The molecule has 0 unspecified atom stereocenters. The van der Waals surface area contributed by atoms with E-state index in [2.05, 4.69) is 4.98 Å². The van der Waals surface area contributed by atoms with Gasteiger partial charge in [-0.25, -0.2) is 4.79 Å². The van der Waals surface area contributed by atoms with Gasteiger partial charge in [0.25, 0.3) is 5.56 Å². The van der Waals surface area contributed by atoms with Crippen LogP contribution in [-0.2, 0) is 4.74 Å². The van der Waals surface area contributed by atoms with Crippen molar-refractivity contribution in [2.45, 2.75) is 32.1 Å². The number of carbonyl (C=O) groups excluding carboxylic acids is 1. The average molecular weight is 286 g/mol. The predicted octanol–water partition coefficient (Wildman–Crippen LogP) is 2.55. The van der Waals surface area contributed by atoms with Crippen molar-refractivity contribution in [2.75, 3.05) is 12.3 Å². The second kappa shape index (κ2) is 5.24. The van der Waals surface area contributed by atoms with Crippen LogP contribution in [0.2, 0.25) is 0 Å². The maximum Gasteiger partial charge on any atom is 0.345 e. The molecule has 1 saturated carbocycles. The number of nitrogens with one attached hydrogen (secondary N) is 1. The highest BCUT2D eigenvalue weighted by Crippen LogP contribution is 2.37. The molecule has 5 heteroatoms. The van der Waals surface area contributed by atoms with E-state index in [1.807, 2.05) is 18.2 Å². The van der Waals surface area contributed by atoms with Crippen LogP contribution in [0.3, 0.4) is 0 Å².